The van der Waals surface area contributed by atoms with Crippen LogP contribution in [-0.2, 0) is 0 Å². The summed E-state index contributed by atoms with van der Waals surface area (Å²) < 4.78 is 5.61. The Bertz CT molecular complexity index is 801. The average Bonchev–Trinajstić information content (AvgIpc) is 2.98. The Morgan fingerprint density at radius 2 is 1.87 bits per heavy atom. The Balaban J connectivity index is 1.43. The van der Waals surface area contributed by atoms with E-state index in [9.17, 15) is 4.79 Å². The molecule has 23 heavy (non-hydrogen) atoms. The van der Waals surface area contributed by atoms with Crippen LogP contribution >= 0.6 is 11.5 Å². The zero-order chi connectivity index (χ0) is 16.1. The highest BCUT2D eigenvalue weighted by molar-refractivity contribution is 7.13. The molecule has 1 amide bonds. The molecule has 0 bridgehead atoms. The second-order valence-corrected chi connectivity index (χ2v) is 6.23. The van der Waals surface area contributed by atoms with Gasteiger partial charge in [-0.2, -0.15) is 4.37 Å². The number of nitrogens with zero attached hydrogens (tertiary/aromatic N) is 1. The van der Waals surface area contributed by atoms with E-state index >= 15 is 0 Å². The molecule has 1 aromatic heterocycles. The predicted octanol–water partition coefficient (Wildman–Crippen LogP) is 1.79. The number of benzene rings is 2. The Kier molecular flexibility index (Phi) is 4.93. The monoisotopic (exact) mass is 323 g/mol. The lowest BCUT2D eigenvalue weighted by Gasteiger charge is -2.07. The van der Waals surface area contributed by atoms with Gasteiger partial charge in [-0.3, -0.25) is 4.79 Å². The first-order valence-electron chi connectivity index (χ1n) is 7.67. The van der Waals surface area contributed by atoms with Gasteiger partial charge in [0.15, 0.2) is 0 Å². The highest BCUT2D eigenvalue weighted by atomic mass is 32.1. The third-order valence-electron chi connectivity index (χ3n) is 3.62. The molecular formula is C17H18BN3OS. The topological polar surface area (TPSA) is 54.0 Å². The van der Waals surface area contributed by atoms with Crippen LogP contribution in [0.15, 0.2) is 48.5 Å². The Hall–Kier alpha value is -2.34. The molecule has 1 heterocycles. The van der Waals surface area contributed by atoms with Crippen LogP contribution in [0.2, 0.25) is 0 Å². The summed E-state index contributed by atoms with van der Waals surface area (Å²) in [5.74, 6) is 0.902. The average molecular weight is 323 g/mol. The van der Waals surface area contributed by atoms with E-state index in [0.29, 0.717) is 12.1 Å². The summed E-state index contributed by atoms with van der Waals surface area (Å²) in [6.45, 7) is 1.42. The van der Waals surface area contributed by atoms with Crippen LogP contribution in [0.4, 0.5) is 5.82 Å². The maximum atomic E-state index is 12.0. The molecule has 0 radical (unpaired) electrons. The van der Waals surface area contributed by atoms with Gasteiger partial charge in [0.25, 0.3) is 5.91 Å². The fraction of sp³-hybridized carbons (Fsp3) is 0.176. The first kappa shape index (κ1) is 15.6. The second kappa shape index (κ2) is 7.29. The van der Waals surface area contributed by atoms with Gasteiger partial charge >= 0.3 is 0 Å². The quantitative estimate of drug-likeness (QED) is 0.537. The van der Waals surface area contributed by atoms with Crippen LogP contribution in [-0.4, -0.2) is 31.2 Å². The molecule has 6 heteroatoms. The van der Waals surface area contributed by atoms with Gasteiger partial charge in [-0.1, -0.05) is 41.9 Å². The smallest absolute Gasteiger partial charge is 0.251 e. The van der Waals surface area contributed by atoms with Gasteiger partial charge in [0.2, 0.25) is 0 Å². The van der Waals surface area contributed by atoms with Gasteiger partial charge in [-0.05, 0) is 30.1 Å². The number of hydrogen-bond acceptors (Lipinski definition) is 4. The van der Waals surface area contributed by atoms with Crippen LogP contribution in [0.1, 0.15) is 16.8 Å². The van der Waals surface area contributed by atoms with Gasteiger partial charge < -0.3 is 10.6 Å². The Labute approximate surface area is 140 Å². The number of hydrogen-bond donors (Lipinski definition) is 2. The van der Waals surface area contributed by atoms with Crippen molar-refractivity contribution in [1.29, 1.82) is 0 Å². The molecule has 0 aliphatic heterocycles. The highest BCUT2D eigenvalue weighted by Gasteiger charge is 2.05. The van der Waals surface area contributed by atoms with E-state index < -0.39 is 0 Å². The molecule has 0 saturated carbocycles. The van der Waals surface area contributed by atoms with Gasteiger partial charge in [-0.15, -0.1) is 0 Å². The molecule has 2 N–H and O–H groups in total. The van der Waals surface area contributed by atoms with Crippen LogP contribution in [0, 0.1) is 0 Å². The first-order valence-corrected chi connectivity index (χ1v) is 8.44. The van der Waals surface area contributed by atoms with Gasteiger partial charge in [0.05, 0.1) is 4.70 Å². The summed E-state index contributed by atoms with van der Waals surface area (Å²) in [6, 6.07) is 15.8. The SMILES string of the molecule is Bc1ccc(C(=O)NCCCNc2nsc3ccccc23)cc1. The molecule has 0 unspecified atom stereocenters. The van der Waals surface area contributed by atoms with Crippen LogP contribution in [0.5, 0.6) is 0 Å². The minimum absolute atomic E-state index is 0.0240. The fourth-order valence-corrected chi connectivity index (χ4v) is 3.07. The number of rotatable bonds is 6. The minimum atomic E-state index is -0.0240. The molecular weight excluding hydrogens is 305 g/mol. The van der Waals surface area contributed by atoms with Crippen molar-refractivity contribution in [3.63, 3.8) is 0 Å². The summed E-state index contributed by atoms with van der Waals surface area (Å²) in [5, 5.41) is 7.43. The summed E-state index contributed by atoms with van der Waals surface area (Å²) in [6.07, 6.45) is 0.851. The van der Waals surface area contributed by atoms with Crippen LogP contribution in [0.25, 0.3) is 10.1 Å². The second-order valence-electron chi connectivity index (χ2n) is 5.43. The number of fused-ring (bicyclic) bond motifs is 1. The number of carbonyl (C=O) groups is 1. The van der Waals surface area contributed by atoms with Gasteiger partial charge in [0.1, 0.15) is 13.7 Å². The molecule has 0 aliphatic carbocycles. The first-order chi connectivity index (χ1) is 11.2. The summed E-state index contributed by atoms with van der Waals surface area (Å²) in [4.78, 5) is 12.0. The maximum Gasteiger partial charge on any atom is 0.251 e. The summed E-state index contributed by atoms with van der Waals surface area (Å²) >= 11 is 1.50. The lowest BCUT2D eigenvalue weighted by molar-refractivity contribution is 0.0953. The largest absolute Gasteiger partial charge is 0.369 e. The third-order valence-corrected chi connectivity index (χ3v) is 4.45. The van der Waals surface area contributed by atoms with E-state index in [1.807, 2.05) is 44.2 Å². The highest BCUT2D eigenvalue weighted by Crippen LogP contribution is 2.25. The van der Waals surface area contributed by atoms with Gasteiger partial charge in [-0.25, -0.2) is 0 Å². The molecule has 0 fully saturated rings. The Morgan fingerprint density at radius 3 is 2.70 bits per heavy atom. The number of nitrogens with one attached hydrogen (secondary N) is 2. The van der Waals surface area contributed by atoms with E-state index in [2.05, 4.69) is 27.1 Å². The van der Waals surface area contributed by atoms with Crippen LogP contribution in [0.3, 0.4) is 0 Å². The predicted molar refractivity (Wildman–Crippen MR) is 99.7 cm³/mol. The molecule has 4 nitrogen and oxygen atoms in total. The van der Waals surface area contributed by atoms with E-state index in [0.717, 1.165) is 29.6 Å². The third kappa shape index (κ3) is 3.90. The Morgan fingerprint density at radius 1 is 1.09 bits per heavy atom. The molecule has 0 saturated heterocycles. The van der Waals surface area contributed by atoms with Crippen molar-refractivity contribution in [2.45, 2.75) is 6.42 Å². The lowest BCUT2D eigenvalue weighted by Crippen LogP contribution is -2.26. The van der Waals surface area contributed by atoms with E-state index in [1.54, 1.807) is 0 Å². The number of aromatic nitrogens is 1. The van der Waals surface area contributed by atoms with E-state index in [-0.39, 0.29) is 5.91 Å². The van der Waals surface area contributed by atoms with Crippen molar-refractivity contribution in [3.05, 3.63) is 54.1 Å². The molecule has 3 aromatic rings. The van der Waals surface area contributed by atoms with Crippen molar-refractivity contribution >= 4 is 46.7 Å². The molecule has 0 aliphatic rings. The van der Waals surface area contributed by atoms with Crippen molar-refractivity contribution in [2.75, 3.05) is 18.4 Å². The minimum Gasteiger partial charge on any atom is -0.369 e. The summed E-state index contributed by atoms with van der Waals surface area (Å²) in [7, 11) is 2.01. The van der Waals surface area contributed by atoms with Crippen molar-refractivity contribution in [2.24, 2.45) is 0 Å². The van der Waals surface area contributed by atoms with Crippen molar-refractivity contribution in [3.8, 4) is 0 Å². The maximum absolute atomic E-state index is 12.0. The van der Waals surface area contributed by atoms with E-state index in [1.165, 1.54) is 16.2 Å². The summed E-state index contributed by atoms with van der Waals surface area (Å²) in [5.41, 5.74) is 1.86. The lowest BCUT2D eigenvalue weighted by atomic mass is 9.95. The van der Waals surface area contributed by atoms with Crippen LogP contribution < -0.4 is 16.1 Å². The standard InChI is InChI=1S/C17H18BN3OS/c18-13-8-6-12(7-9-13)17(22)20-11-3-10-19-16-14-4-1-2-5-15(14)23-21-16/h1-2,4-9H,3,10-11,18H2,(H,19,21)(H,20,22). The normalized spacial score (nSPS) is 10.6. The molecule has 3 rings (SSSR count). The van der Waals surface area contributed by atoms with Gasteiger partial charge in [0, 0.05) is 24.0 Å². The van der Waals surface area contributed by atoms with Crippen molar-refractivity contribution < 1.29 is 4.79 Å². The molecule has 0 spiro atoms. The van der Waals surface area contributed by atoms with E-state index in [4.69, 9.17) is 0 Å². The number of amides is 1. The number of carbonyl (C=O) groups excluding carboxylic acids is 1. The number of anilines is 1. The zero-order valence-corrected chi connectivity index (χ0v) is 13.8. The molecule has 0 atom stereocenters. The molecule has 116 valence electrons. The molecule has 2 aromatic carbocycles. The van der Waals surface area contributed by atoms with Crippen molar-refractivity contribution in [1.82, 2.24) is 9.69 Å². The fourth-order valence-electron chi connectivity index (χ4n) is 2.32. The zero-order valence-electron chi connectivity index (χ0n) is 13.0.